The van der Waals surface area contributed by atoms with E-state index < -0.39 is 0 Å². The van der Waals surface area contributed by atoms with Crippen molar-refractivity contribution >= 4 is 11.7 Å². The van der Waals surface area contributed by atoms with Crippen LogP contribution in [0.4, 0.5) is 10.5 Å². The van der Waals surface area contributed by atoms with Crippen LogP contribution in [0.5, 0.6) is 0 Å². The van der Waals surface area contributed by atoms with Crippen LogP contribution in [0.1, 0.15) is 25.1 Å². The monoisotopic (exact) mass is 352 g/mol. The molecule has 6 nitrogen and oxygen atoms in total. The highest BCUT2D eigenvalue weighted by atomic mass is 16.5. The number of ether oxygens (including phenoxy) is 1. The Balaban J connectivity index is 1.47. The summed E-state index contributed by atoms with van der Waals surface area (Å²) in [7, 11) is 0. The molecule has 6 heteroatoms. The number of hydrogen-bond acceptors (Lipinski definition) is 4. The number of hydrogen-bond donors (Lipinski definition) is 1. The first kappa shape index (κ1) is 17.0. The number of aromatic nitrogens is 2. The minimum absolute atomic E-state index is 0.0181. The van der Waals surface area contributed by atoms with Gasteiger partial charge in [0.2, 0.25) is 0 Å². The number of nitrogens with one attached hydrogen (secondary N) is 1. The maximum atomic E-state index is 12.8. The lowest BCUT2D eigenvalue weighted by Gasteiger charge is -2.25. The van der Waals surface area contributed by atoms with E-state index in [1.807, 2.05) is 42.2 Å². The summed E-state index contributed by atoms with van der Waals surface area (Å²) in [6.07, 6.45) is 4.99. The van der Waals surface area contributed by atoms with Crippen LogP contribution in [0, 0.1) is 12.8 Å². The zero-order valence-electron chi connectivity index (χ0n) is 15.0. The molecule has 26 heavy (non-hydrogen) atoms. The Bertz CT molecular complexity index is 785. The van der Waals surface area contributed by atoms with E-state index in [4.69, 9.17) is 4.74 Å². The van der Waals surface area contributed by atoms with Crippen LogP contribution in [0.15, 0.2) is 36.5 Å². The summed E-state index contributed by atoms with van der Waals surface area (Å²) in [5.41, 5.74) is 2.61. The van der Waals surface area contributed by atoms with Crippen LogP contribution in [0.25, 0.3) is 11.3 Å². The summed E-state index contributed by atoms with van der Waals surface area (Å²) in [6, 6.07) is 10.0. The molecule has 1 aromatic heterocycles. The van der Waals surface area contributed by atoms with E-state index in [9.17, 15) is 4.79 Å². The van der Waals surface area contributed by atoms with Crippen LogP contribution >= 0.6 is 0 Å². The Kier molecular flexibility index (Phi) is 4.84. The fourth-order valence-electron chi connectivity index (χ4n) is 3.36. The molecule has 0 unspecified atom stereocenters. The van der Waals surface area contributed by atoms with Gasteiger partial charge in [0.05, 0.1) is 12.3 Å². The second kappa shape index (κ2) is 7.41. The molecule has 0 radical (unpaired) electrons. The standard InChI is InChI=1S/C20H24N4O2/c1-14-21-9-7-19(22-14)16-3-2-4-17(11-16)23-20(25)24(18-5-6-18)12-15-8-10-26-13-15/h2-4,7,9,11,15,18H,5-6,8,10,12-13H2,1H3,(H,23,25)/t15-/m1/s1. The minimum Gasteiger partial charge on any atom is -0.381 e. The van der Waals surface area contributed by atoms with Crippen molar-refractivity contribution in [2.75, 3.05) is 25.1 Å². The van der Waals surface area contributed by atoms with Gasteiger partial charge in [0.15, 0.2) is 0 Å². The minimum atomic E-state index is -0.0181. The third-order valence-corrected chi connectivity index (χ3v) is 4.91. The fraction of sp³-hybridized carbons (Fsp3) is 0.450. The summed E-state index contributed by atoms with van der Waals surface area (Å²) in [6.45, 7) is 4.22. The molecule has 1 aliphatic carbocycles. The van der Waals surface area contributed by atoms with Crippen molar-refractivity contribution in [2.24, 2.45) is 5.92 Å². The van der Waals surface area contributed by atoms with Crippen LogP contribution in [0.2, 0.25) is 0 Å². The van der Waals surface area contributed by atoms with Gasteiger partial charge in [-0.05, 0) is 44.4 Å². The lowest BCUT2D eigenvalue weighted by molar-refractivity contribution is 0.167. The Hall–Kier alpha value is -2.47. The van der Waals surface area contributed by atoms with Crippen LogP contribution in [0.3, 0.4) is 0 Å². The molecular formula is C20H24N4O2. The largest absolute Gasteiger partial charge is 0.381 e. The number of benzene rings is 1. The predicted octanol–water partition coefficient (Wildman–Crippen LogP) is 3.48. The maximum Gasteiger partial charge on any atom is 0.322 e. The Morgan fingerprint density at radius 1 is 1.31 bits per heavy atom. The molecule has 1 aliphatic heterocycles. The average molecular weight is 352 g/mol. The molecule has 136 valence electrons. The summed E-state index contributed by atoms with van der Waals surface area (Å²) < 4.78 is 5.46. The second-order valence-electron chi connectivity index (χ2n) is 7.11. The van der Waals surface area contributed by atoms with Gasteiger partial charge in [-0.1, -0.05) is 12.1 Å². The molecule has 1 atom stereocenters. The van der Waals surface area contributed by atoms with Crippen LogP contribution < -0.4 is 5.32 Å². The third kappa shape index (κ3) is 4.02. The van der Waals surface area contributed by atoms with Gasteiger partial charge in [-0.3, -0.25) is 0 Å². The molecule has 1 aromatic carbocycles. The van der Waals surface area contributed by atoms with Crippen LogP contribution in [-0.2, 0) is 4.74 Å². The molecule has 2 fully saturated rings. The van der Waals surface area contributed by atoms with Gasteiger partial charge < -0.3 is 15.0 Å². The van der Waals surface area contributed by atoms with Crippen molar-refractivity contribution in [1.29, 1.82) is 0 Å². The molecule has 0 bridgehead atoms. The van der Waals surface area contributed by atoms with Crippen molar-refractivity contribution in [3.05, 3.63) is 42.4 Å². The fourth-order valence-corrected chi connectivity index (χ4v) is 3.36. The molecule has 0 spiro atoms. The van der Waals surface area contributed by atoms with E-state index in [1.54, 1.807) is 6.20 Å². The third-order valence-electron chi connectivity index (χ3n) is 4.91. The number of amides is 2. The Morgan fingerprint density at radius 3 is 2.92 bits per heavy atom. The smallest absolute Gasteiger partial charge is 0.322 e. The molecule has 1 N–H and O–H groups in total. The van der Waals surface area contributed by atoms with E-state index in [2.05, 4.69) is 15.3 Å². The number of anilines is 1. The van der Waals surface area contributed by atoms with E-state index in [0.717, 1.165) is 61.8 Å². The number of carbonyl (C=O) groups excluding carboxylic acids is 1. The molecule has 4 rings (SSSR count). The summed E-state index contributed by atoms with van der Waals surface area (Å²) >= 11 is 0. The van der Waals surface area contributed by atoms with Gasteiger partial charge in [-0.25, -0.2) is 14.8 Å². The van der Waals surface area contributed by atoms with Gasteiger partial charge in [-0.2, -0.15) is 0 Å². The Labute approximate surface area is 153 Å². The van der Waals surface area contributed by atoms with Gasteiger partial charge in [0.25, 0.3) is 0 Å². The summed E-state index contributed by atoms with van der Waals surface area (Å²) in [5, 5.41) is 3.06. The number of urea groups is 1. The first-order valence-electron chi connectivity index (χ1n) is 9.24. The lowest BCUT2D eigenvalue weighted by atomic mass is 10.1. The second-order valence-corrected chi connectivity index (χ2v) is 7.11. The predicted molar refractivity (Wildman–Crippen MR) is 99.9 cm³/mol. The highest BCUT2D eigenvalue weighted by Crippen LogP contribution is 2.30. The highest BCUT2D eigenvalue weighted by molar-refractivity contribution is 5.90. The van der Waals surface area contributed by atoms with E-state index in [1.165, 1.54) is 0 Å². The molecule has 2 aromatic rings. The number of aryl methyl sites for hydroxylation is 1. The summed E-state index contributed by atoms with van der Waals surface area (Å²) in [4.78, 5) is 23.4. The number of rotatable bonds is 5. The van der Waals surface area contributed by atoms with E-state index in [-0.39, 0.29) is 6.03 Å². The average Bonchev–Trinajstić information content (AvgIpc) is 3.35. The first-order chi connectivity index (χ1) is 12.7. The Morgan fingerprint density at radius 2 is 2.19 bits per heavy atom. The van der Waals surface area contributed by atoms with Crippen molar-refractivity contribution in [2.45, 2.75) is 32.2 Å². The highest BCUT2D eigenvalue weighted by Gasteiger charge is 2.34. The van der Waals surface area contributed by atoms with Crippen LogP contribution in [-0.4, -0.2) is 46.7 Å². The lowest BCUT2D eigenvalue weighted by Crippen LogP contribution is -2.40. The normalized spacial score (nSPS) is 19.3. The molecule has 2 aliphatic rings. The molecule has 2 heterocycles. The summed E-state index contributed by atoms with van der Waals surface area (Å²) in [5.74, 6) is 1.19. The van der Waals surface area contributed by atoms with Crippen molar-refractivity contribution in [1.82, 2.24) is 14.9 Å². The first-order valence-corrected chi connectivity index (χ1v) is 9.24. The number of carbonyl (C=O) groups is 1. The van der Waals surface area contributed by atoms with Crippen molar-refractivity contribution in [3.8, 4) is 11.3 Å². The quantitative estimate of drug-likeness (QED) is 0.894. The van der Waals surface area contributed by atoms with Gasteiger partial charge in [-0.15, -0.1) is 0 Å². The molecule has 2 amide bonds. The molecule has 1 saturated heterocycles. The van der Waals surface area contributed by atoms with Crippen molar-refractivity contribution < 1.29 is 9.53 Å². The van der Waals surface area contributed by atoms with E-state index >= 15 is 0 Å². The zero-order chi connectivity index (χ0) is 17.9. The SMILES string of the molecule is Cc1nccc(-c2cccc(NC(=O)N(C[C@H]3CCOC3)C3CC3)c2)n1. The van der Waals surface area contributed by atoms with Gasteiger partial charge >= 0.3 is 6.03 Å². The van der Waals surface area contributed by atoms with Crippen molar-refractivity contribution in [3.63, 3.8) is 0 Å². The maximum absolute atomic E-state index is 12.8. The number of nitrogens with zero attached hydrogens (tertiary/aromatic N) is 3. The molecular weight excluding hydrogens is 328 g/mol. The van der Waals surface area contributed by atoms with Gasteiger partial charge in [0.1, 0.15) is 5.82 Å². The zero-order valence-corrected chi connectivity index (χ0v) is 15.0. The topological polar surface area (TPSA) is 67.4 Å². The van der Waals surface area contributed by atoms with E-state index in [0.29, 0.717) is 12.0 Å². The van der Waals surface area contributed by atoms with Gasteiger partial charge in [0, 0.05) is 42.6 Å². The molecule has 1 saturated carbocycles.